The van der Waals surface area contributed by atoms with Gasteiger partial charge in [0.15, 0.2) is 5.13 Å². The van der Waals surface area contributed by atoms with E-state index in [9.17, 15) is 14.7 Å². The number of hydrogen-bond acceptors (Lipinski definition) is 5. The van der Waals surface area contributed by atoms with Crippen LogP contribution in [0.5, 0.6) is 0 Å². The topological polar surface area (TPSA) is 86.3 Å². The number of aliphatic hydroxyl groups is 1. The summed E-state index contributed by atoms with van der Waals surface area (Å²) >= 11 is 13.6. The minimum absolute atomic E-state index is 0.0277. The Balaban J connectivity index is 1.75. The number of nitrogens with one attached hydrogen (secondary N) is 1. The normalized spacial score (nSPS) is 18.3. The molecule has 1 fully saturated rings. The van der Waals surface area contributed by atoms with Gasteiger partial charge >= 0.3 is 5.91 Å². The first-order valence-corrected chi connectivity index (χ1v) is 10.8. The zero-order chi connectivity index (χ0) is 21.7. The van der Waals surface area contributed by atoms with Crippen molar-refractivity contribution in [3.8, 4) is 0 Å². The minimum atomic E-state index is -0.875. The highest BCUT2D eigenvalue weighted by Crippen LogP contribution is 2.44. The van der Waals surface area contributed by atoms with Crippen molar-refractivity contribution >= 4 is 67.3 Å². The first-order chi connectivity index (χ1) is 15.0. The molecule has 4 aromatic rings. The summed E-state index contributed by atoms with van der Waals surface area (Å²) in [5, 5.41) is 12.2. The van der Waals surface area contributed by atoms with Crippen LogP contribution in [-0.2, 0) is 9.59 Å². The summed E-state index contributed by atoms with van der Waals surface area (Å²) in [7, 11) is 0. The van der Waals surface area contributed by atoms with Crippen LogP contribution in [0.15, 0.2) is 66.4 Å². The van der Waals surface area contributed by atoms with E-state index < -0.39 is 17.7 Å². The van der Waals surface area contributed by atoms with E-state index in [0.29, 0.717) is 32.0 Å². The molecule has 2 aromatic carbocycles. The van der Waals surface area contributed by atoms with Gasteiger partial charge in [-0.15, -0.1) is 0 Å². The number of para-hydroxylation sites is 1. The van der Waals surface area contributed by atoms with Gasteiger partial charge in [-0.1, -0.05) is 52.7 Å². The standard InChI is InChI=1S/C22H13Cl2N3O3S/c23-12-8-6-11(7-9-12)18-16(19(28)14-4-2-10-25-14)20(29)21(30)27(18)22-26-17-13(24)3-1-5-15(17)31-22/h1-10,18,25,28H. The van der Waals surface area contributed by atoms with Crippen molar-refractivity contribution in [2.45, 2.75) is 6.04 Å². The predicted molar refractivity (Wildman–Crippen MR) is 122 cm³/mol. The van der Waals surface area contributed by atoms with Gasteiger partial charge < -0.3 is 10.1 Å². The molecule has 0 saturated carbocycles. The van der Waals surface area contributed by atoms with Crippen molar-refractivity contribution in [1.82, 2.24) is 9.97 Å². The van der Waals surface area contributed by atoms with Crippen LogP contribution in [-0.4, -0.2) is 26.8 Å². The molecule has 31 heavy (non-hydrogen) atoms. The number of ketones is 1. The first kappa shape index (κ1) is 19.8. The van der Waals surface area contributed by atoms with Gasteiger partial charge in [-0.05, 0) is 42.0 Å². The van der Waals surface area contributed by atoms with E-state index in [0.717, 1.165) is 4.70 Å². The highest BCUT2D eigenvalue weighted by molar-refractivity contribution is 7.22. The summed E-state index contributed by atoms with van der Waals surface area (Å²) in [6, 6.07) is 14.6. The fourth-order valence-corrected chi connectivity index (χ4v) is 5.04. The Labute approximate surface area is 190 Å². The van der Waals surface area contributed by atoms with Crippen LogP contribution in [0, 0.1) is 0 Å². The zero-order valence-electron chi connectivity index (χ0n) is 15.7. The molecule has 1 atom stereocenters. The number of aromatic nitrogens is 2. The summed E-state index contributed by atoms with van der Waals surface area (Å²) < 4.78 is 0.781. The molecule has 0 spiro atoms. The van der Waals surface area contributed by atoms with Crippen LogP contribution in [0.3, 0.4) is 0 Å². The molecule has 6 nitrogen and oxygen atoms in total. The summed E-state index contributed by atoms with van der Waals surface area (Å²) in [5.41, 5.74) is 1.47. The second-order valence-electron chi connectivity index (χ2n) is 6.89. The number of fused-ring (bicyclic) bond motifs is 1. The quantitative estimate of drug-likeness (QED) is 0.233. The lowest BCUT2D eigenvalue weighted by Crippen LogP contribution is -2.29. The number of Topliss-reactive ketones (excluding diaryl/α,β-unsaturated/α-hetero) is 1. The number of benzene rings is 2. The number of rotatable bonds is 3. The average Bonchev–Trinajstić information content (AvgIpc) is 3.48. The molecule has 154 valence electrons. The Kier molecular flexibility index (Phi) is 4.81. The molecule has 9 heteroatoms. The van der Waals surface area contributed by atoms with Gasteiger partial charge in [-0.3, -0.25) is 14.5 Å². The Morgan fingerprint density at radius 3 is 2.52 bits per heavy atom. The maximum absolute atomic E-state index is 13.1. The van der Waals surface area contributed by atoms with Crippen molar-refractivity contribution in [3.63, 3.8) is 0 Å². The lowest BCUT2D eigenvalue weighted by Gasteiger charge is -2.22. The van der Waals surface area contributed by atoms with Gasteiger partial charge in [-0.2, -0.15) is 0 Å². The number of nitrogens with zero attached hydrogens (tertiary/aromatic N) is 2. The average molecular weight is 470 g/mol. The van der Waals surface area contributed by atoms with Crippen molar-refractivity contribution in [1.29, 1.82) is 0 Å². The largest absolute Gasteiger partial charge is 0.505 e. The third-order valence-corrected chi connectivity index (χ3v) is 6.62. The predicted octanol–water partition coefficient (Wildman–Crippen LogP) is 5.56. The minimum Gasteiger partial charge on any atom is -0.505 e. The van der Waals surface area contributed by atoms with Crippen LogP contribution >= 0.6 is 34.5 Å². The molecule has 1 unspecified atom stereocenters. The number of hydrogen-bond donors (Lipinski definition) is 2. The first-order valence-electron chi connectivity index (χ1n) is 9.21. The Morgan fingerprint density at radius 1 is 1.06 bits per heavy atom. The Hall–Kier alpha value is -3.13. The van der Waals surface area contributed by atoms with Crippen molar-refractivity contribution < 1.29 is 14.7 Å². The zero-order valence-corrected chi connectivity index (χ0v) is 18.0. The third-order valence-electron chi connectivity index (χ3n) is 5.05. The van der Waals surface area contributed by atoms with Crippen molar-refractivity contribution in [2.24, 2.45) is 0 Å². The van der Waals surface area contributed by atoms with Crippen LogP contribution in [0.25, 0.3) is 16.0 Å². The van der Waals surface area contributed by atoms with E-state index in [2.05, 4.69) is 9.97 Å². The van der Waals surface area contributed by atoms with E-state index in [4.69, 9.17) is 23.2 Å². The van der Waals surface area contributed by atoms with Crippen molar-refractivity contribution in [2.75, 3.05) is 4.90 Å². The smallest absolute Gasteiger partial charge is 0.301 e. The lowest BCUT2D eigenvalue weighted by molar-refractivity contribution is -0.132. The van der Waals surface area contributed by atoms with Gasteiger partial charge in [0.2, 0.25) is 0 Å². The van der Waals surface area contributed by atoms with Gasteiger partial charge in [0.25, 0.3) is 5.78 Å². The maximum atomic E-state index is 13.1. The molecule has 0 bridgehead atoms. The van der Waals surface area contributed by atoms with Gasteiger partial charge in [0.1, 0.15) is 11.3 Å². The number of aliphatic hydroxyl groups excluding tert-OH is 1. The fraction of sp³-hybridized carbons (Fsp3) is 0.0455. The summed E-state index contributed by atoms with van der Waals surface area (Å²) in [6.07, 6.45) is 1.62. The second kappa shape index (κ2) is 7.53. The van der Waals surface area contributed by atoms with Gasteiger partial charge in [-0.25, -0.2) is 4.98 Å². The van der Waals surface area contributed by atoms with E-state index >= 15 is 0 Å². The molecule has 1 aliphatic rings. The monoisotopic (exact) mass is 469 g/mol. The number of amides is 1. The third kappa shape index (κ3) is 3.22. The number of thiazole rings is 1. The van der Waals surface area contributed by atoms with E-state index in [1.165, 1.54) is 16.2 Å². The van der Waals surface area contributed by atoms with E-state index in [1.807, 2.05) is 6.07 Å². The molecule has 5 rings (SSSR count). The fourth-order valence-electron chi connectivity index (χ4n) is 3.62. The Morgan fingerprint density at radius 2 is 1.84 bits per heavy atom. The van der Waals surface area contributed by atoms with Crippen LogP contribution in [0.2, 0.25) is 10.0 Å². The number of H-pyrrole nitrogens is 1. The molecular weight excluding hydrogens is 457 g/mol. The summed E-state index contributed by atoms with van der Waals surface area (Å²) in [5.74, 6) is -1.86. The SMILES string of the molecule is O=C1C(=O)N(c2nc3c(Cl)cccc3s2)C(c2ccc(Cl)cc2)C1=C(O)c1ccc[nH]1. The van der Waals surface area contributed by atoms with Crippen LogP contribution in [0.1, 0.15) is 17.3 Å². The Bertz CT molecular complexity index is 1360. The second-order valence-corrected chi connectivity index (χ2v) is 8.74. The van der Waals surface area contributed by atoms with E-state index in [-0.39, 0.29) is 11.3 Å². The molecule has 2 aromatic heterocycles. The highest BCUT2D eigenvalue weighted by atomic mass is 35.5. The van der Waals surface area contributed by atoms with Gasteiger partial charge in [0.05, 0.1) is 27.0 Å². The molecule has 1 aliphatic heterocycles. The molecule has 3 heterocycles. The number of halogens is 2. The molecule has 1 saturated heterocycles. The van der Waals surface area contributed by atoms with Crippen molar-refractivity contribution in [3.05, 3.63) is 87.7 Å². The number of carbonyl (C=O) groups excluding carboxylic acids is 2. The van der Waals surface area contributed by atoms with Crippen LogP contribution in [0.4, 0.5) is 5.13 Å². The van der Waals surface area contributed by atoms with E-state index in [1.54, 1.807) is 54.7 Å². The molecular formula is C22H13Cl2N3O3S. The van der Waals surface area contributed by atoms with Crippen LogP contribution < -0.4 is 4.90 Å². The molecule has 0 aliphatic carbocycles. The molecule has 0 radical (unpaired) electrons. The maximum Gasteiger partial charge on any atom is 0.301 e. The molecule has 2 N–H and O–H groups in total. The van der Waals surface area contributed by atoms with Gasteiger partial charge in [0, 0.05) is 11.2 Å². The molecule has 1 amide bonds. The highest BCUT2D eigenvalue weighted by Gasteiger charge is 2.48. The summed E-state index contributed by atoms with van der Waals surface area (Å²) in [6.45, 7) is 0. The lowest BCUT2D eigenvalue weighted by atomic mass is 9.97. The number of anilines is 1. The summed E-state index contributed by atoms with van der Waals surface area (Å²) in [4.78, 5) is 34.9. The number of aromatic amines is 1. The number of carbonyl (C=O) groups is 2.